The summed E-state index contributed by atoms with van der Waals surface area (Å²) >= 11 is 0. The number of aromatic nitrogens is 2. The van der Waals surface area contributed by atoms with Gasteiger partial charge in [0, 0.05) is 42.7 Å². The summed E-state index contributed by atoms with van der Waals surface area (Å²) < 4.78 is 2.10. The van der Waals surface area contributed by atoms with Gasteiger partial charge in [-0.15, -0.1) is 0 Å². The van der Waals surface area contributed by atoms with Crippen molar-refractivity contribution >= 4 is 17.7 Å². The van der Waals surface area contributed by atoms with E-state index in [9.17, 15) is 14.7 Å². The summed E-state index contributed by atoms with van der Waals surface area (Å²) in [5.74, 6) is 0.872. The molecule has 2 heterocycles. The summed E-state index contributed by atoms with van der Waals surface area (Å²) in [5.41, 5.74) is 2.59. The summed E-state index contributed by atoms with van der Waals surface area (Å²) in [4.78, 5) is 29.9. The summed E-state index contributed by atoms with van der Waals surface area (Å²) in [6, 6.07) is 5.48. The molecule has 7 nitrogen and oxygen atoms in total. The van der Waals surface area contributed by atoms with E-state index in [0.717, 1.165) is 22.8 Å². The summed E-state index contributed by atoms with van der Waals surface area (Å²) in [6.07, 6.45) is 2.96. The van der Waals surface area contributed by atoms with Crippen molar-refractivity contribution in [2.45, 2.75) is 46.2 Å². The molecule has 0 bridgehead atoms. The van der Waals surface area contributed by atoms with E-state index in [2.05, 4.69) is 4.98 Å². The molecule has 1 aliphatic rings. The van der Waals surface area contributed by atoms with Gasteiger partial charge >= 0.3 is 5.91 Å². The molecule has 0 spiro atoms. The van der Waals surface area contributed by atoms with E-state index in [0.29, 0.717) is 13.0 Å². The lowest BCUT2D eigenvalue weighted by atomic mass is 9.88. The fourth-order valence-electron chi connectivity index (χ4n) is 4.18. The van der Waals surface area contributed by atoms with Crippen molar-refractivity contribution in [3.05, 3.63) is 42.0 Å². The van der Waals surface area contributed by atoms with Crippen LogP contribution in [-0.4, -0.2) is 46.1 Å². The van der Waals surface area contributed by atoms with Crippen LogP contribution in [0.25, 0.3) is 5.69 Å². The number of benzene rings is 1. The first-order chi connectivity index (χ1) is 12.7. The quantitative estimate of drug-likeness (QED) is 0.776. The van der Waals surface area contributed by atoms with Crippen molar-refractivity contribution in [3.8, 4) is 5.69 Å². The van der Waals surface area contributed by atoms with Gasteiger partial charge in [-0.1, -0.05) is 0 Å². The number of hydrogen-bond donors (Lipinski definition) is 0. The molecule has 0 N–H and O–H groups in total. The van der Waals surface area contributed by atoms with E-state index >= 15 is 0 Å². The van der Waals surface area contributed by atoms with Gasteiger partial charge in [-0.05, 0) is 32.9 Å². The second kappa shape index (κ2) is 6.81. The number of hydrogen-bond acceptors (Lipinski definition) is 4. The molecule has 1 aromatic heterocycles. The highest BCUT2D eigenvalue weighted by Gasteiger charge is 2.47. The van der Waals surface area contributed by atoms with Crippen LogP contribution >= 0.6 is 0 Å². The van der Waals surface area contributed by atoms with Crippen LogP contribution in [0.5, 0.6) is 0 Å². The second-order valence-corrected chi connectivity index (χ2v) is 7.33. The van der Waals surface area contributed by atoms with Gasteiger partial charge < -0.3 is 19.4 Å². The molecule has 2 amide bonds. The third-order valence-corrected chi connectivity index (χ3v) is 6.03. The zero-order valence-corrected chi connectivity index (χ0v) is 16.5. The molecule has 1 aromatic carbocycles. The van der Waals surface area contributed by atoms with Crippen molar-refractivity contribution in [1.29, 1.82) is 0 Å². The third kappa shape index (κ3) is 2.92. The Morgan fingerprint density at radius 3 is 2.63 bits per heavy atom. The van der Waals surface area contributed by atoms with Gasteiger partial charge in [-0.2, -0.15) is 0 Å². The van der Waals surface area contributed by atoms with Crippen molar-refractivity contribution in [2.24, 2.45) is 0 Å². The molecule has 7 heteroatoms. The Kier molecular flexibility index (Phi) is 4.82. The molecule has 0 saturated heterocycles. The van der Waals surface area contributed by atoms with Crippen LogP contribution in [-0.2, 0) is 4.79 Å². The normalized spacial score (nSPS) is 24.3. The highest BCUT2D eigenvalue weighted by Crippen LogP contribution is 2.44. The maximum absolute atomic E-state index is 12.6. The number of amides is 2. The summed E-state index contributed by atoms with van der Waals surface area (Å²) in [6.45, 7) is 7.63. The van der Waals surface area contributed by atoms with Gasteiger partial charge in [0.25, 0.3) is 0 Å². The van der Waals surface area contributed by atoms with Gasteiger partial charge in [-0.3, -0.25) is 0 Å². The van der Waals surface area contributed by atoms with Gasteiger partial charge in [0.2, 0.25) is 0 Å². The Balaban J connectivity index is 2.24. The van der Waals surface area contributed by atoms with Crippen molar-refractivity contribution in [2.75, 3.05) is 13.6 Å². The van der Waals surface area contributed by atoms with Crippen LogP contribution in [0.4, 0.5) is 10.5 Å². The summed E-state index contributed by atoms with van der Waals surface area (Å²) in [7, 11) is 1.90. The van der Waals surface area contributed by atoms with E-state index < -0.39 is 6.09 Å². The number of quaternary nitrogens is 1. The lowest BCUT2D eigenvalue weighted by Gasteiger charge is -2.46. The SMILES string of the molecule is CCN(C(=O)[O-])[C@@H]1C[C@H](C)[N+](C)(C(C)=O)c2ccc(-n3ccnc3C)cc21. The van der Waals surface area contributed by atoms with Crippen LogP contribution in [0.3, 0.4) is 0 Å². The molecular weight excluding hydrogens is 344 g/mol. The maximum atomic E-state index is 12.6. The van der Waals surface area contributed by atoms with E-state index in [4.69, 9.17) is 0 Å². The first-order valence-corrected chi connectivity index (χ1v) is 9.21. The topological polar surface area (TPSA) is 78.3 Å². The molecule has 0 radical (unpaired) electrons. The van der Waals surface area contributed by atoms with Crippen LogP contribution in [0.2, 0.25) is 0 Å². The maximum Gasteiger partial charge on any atom is 0.315 e. The number of carboxylic acid groups (broad SMARTS) is 1. The number of aryl methyl sites for hydroxylation is 1. The minimum absolute atomic E-state index is 0.0326. The largest absolute Gasteiger partial charge is 0.530 e. The minimum Gasteiger partial charge on any atom is -0.530 e. The Labute approximate surface area is 159 Å². The van der Waals surface area contributed by atoms with Crippen LogP contribution in [0.1, 0.15) is 44.6 Å². The van der Waals surface area contributed by atoms with Crippen LogP contribution in [0.15, 0.2) is 30.6 Å². The molecule has 0 saturated carbocycles. The number of nitrogens with zero attached hydrogens (tertiary/aromatic N) is 4. The number of carbonyl (C=O) groups is 2. The van der Waals surface area contributed by atoms with E-state index in [1.165, 1.54) is 4.90 Å². The second-order valence-electron chi connectivity index (χ2n) is 7.33. The monoisotopic (exact) mass is 370 g/mol. The zero-order chi connectivity index (χ0) is 19.9. The number of carbonyl (C=O) groups excluding carboxylic acids is 2. The van der Waals surface area contributed by atoms with E-state index in [-0.39, 0.29) is 22.5 Å². The fraction of sp³-hybridized carbons (Fsp3) is 0.450. The molecule has 1 unspecified atom stereocenters. The molecule has 0 fully saturated rings. The molecular formula is C20H26N4O3. The fourth-order valence-corrected chi connectivity index (χ4v) is 4.18. The average molecular weight is 370 g/mol. The number of imidazole rings is 1. The highest BCUT2D eigenvalue weighted by atomic mass is 16.4. The smallest absolute Gasteiger partial charge is 0.315 e. The van der Waals surface area contributed by atoms with Crippen LogP contribution in [0, 0.1) is 6.92 Å². The Morgan fingerprint density at radius 1 is 1.41 bits per heavy atom. The first-order valence-electron chi connectivity index (χ1n) is 9.21. The third-order valence-electron chi connectivity index (χ3n) is 6.03. The molecule has 2 aromatic rings. The Morgan fingerprint density at radius 2 is 2.11 bits per heavy atom. The lowest BCUT2D eigenvalue weighted by molar-refractivity contribution is -0.268. The number of fused-ring (bicyclic) bond motifs is 1. The zero-order valence-electron chi connectivity index (χ0n) is 16.5. The van der Waals surface area contributed by atoms with Crippen molar-refractivity contribution in [3.63, 3.8) is 0 Å². The van der Waals surface area contributed by atoms with E-state index in [1.807, 2.05) is 49.9 Å². The van der Waals surface area contributed by atoms with Gasteiger partial charge in [-0.25, -0.2) is 14.3 Å². The molecule has 3 atom stereocenters. The average Bonchev–Trinajstić information content (AvgIpc) is 3.04. The van der Waals surface area contributed by atoms with Gasteiger partial charge in [0.15, 0.2) is 0 Å². The molecule has 27 heavy (non-hydrogen) atoms. The van der Waals surface area contributed by atoms with Crippen molar-refractivity contribution in [1.82, 2.24) is 18.9 Å². The van der Waals surface area contributed by atoms with Gasteiger partial charge in [0.1, 0.15) is 17.6 Å². The molecule has 0 aliphatic carbocycles. The summed E-state index contributed by atoms with van der Waals surface area (Å²) in [5, 5.41) is 11.7. The Hall–Kier alpha value is -2.67. The van der Waals surface area contributed by atoms with Crippen LogP contribution < -0.4 is 9.59 Å². The molecule has 144 valence electrons. The predicted molar refractivity (Wildman–Crippen MR) is 101 cm³/mol. The number of rotatable bonds is 3. The minimum atomic E-state index is -1.19. The first kappa shape index (κ1) is 19.1. The van der Waals surface area contributed by atoms with Gasteiger partial charge in [0.05, 0.1) is 26.1 Å². The van der Waals surface area contributed by atoms with Crippen molar-refractivity contribution < 1.29 is 14.7 Å². The van der Waals surface area contributed by atoms with E-state index in [1.54, 1.807) is 20.0 Å². The molecule has 1 aliphatic heterocycles. The standard InChI is InChI=1S/C20H26N4O3/c1-6-22(20(26)27)18-11-13(2)24(5,15(4)25)19-8-7-16(12-17(18)19)23-10-9-21-14(23)3/h7-10,12-13,18H,6,11H2,1-5H3/t13-,18+,24?/m0/s1. The Bertz CT molecular complexity index is 891. The lowest BCUT2D eigenvalue weighted by Crippen LogP contribution is -2.60. The predicted octanol–water partition coefficient (Wildman–Crippen LogP) is 2.16. The highest BCUT2D eigenvalue weighted by molar-refractivity contribution is 5.88. The molecule has 3 rings (SSSR count).